The monoisotopic (exact) mass is 223 g/mol. The summed E-state index contributed by atoms with van der Waals surface area (Å²) >= 11 is 0. The number of nitrogens with zero attached hydrogens (tertiary/aromatic N) is 3. The summed E-state index contributed by atoms with van der Waals surface area (Å²) in [5.74, 6) is 0. The Morgan fingerprint density at radius 3 is 2.24 bits per heavy atom. The van der Waals surface area contributed by atoms with Gasteiger partial charge in [0, 0.05) is 17.2 Å². The Labute approximate surface area is 98.7 Å². The van der Waals surface area contributed by atoms with Crippen LogP contribution in [-0.2, 0) is 0 Å². The molecule has 0 atom stereocenters. The predicted molar refractivity (Wildman–Crippen MR) is 63.0 cm³/mol. The Kier molecular flexibility index (Phi) is 3.13. The number of azo groups is 1. The van der Waals surface area contributed by atoms with Crippen LogP contribution < -0.4 is 0 Å². The van der Waals surface area contributed by atoms with Gasteiger partial charge in [-0.1, -0.05) is 23.1 Å². The summed E-state index contributed by atoms with van der Waals surface area (Å²) in [7, 11) is 0. The fourth-order valence-electron chi connectivity index (χ4n) is 1.32. The van der Waals surface area contributed by atoms with Gasteiger partial charge in [0.05, 0.1) is 11.6 Å². The lowest BCUT2D eigenvalue weighted by atomic mass is 10.2. The van der Waals surface area contributed by atoms with Crippen LogP contribution in [0.2, 0.25) is 0 Å². The lowest BCUT2D eigenvalue weighted by Gasteiger charge is -1.98. The Balaban J connectivity index is 2.27. The summed E-state index contributed by atoms with van der Waals surface area (Å²) in [6.45, 7) is 0. The van der Waals surface area contributed by atoms with Crippen molar-refractivity contribution in [2.24, 2.45) is 5.11 Å². The third-order valence-corrected chi connectivity index (χ3v) is 2.18. The summed E-state index contributed by atoms with van der Waals surface area (Å²) in [4.78, 5) is 0.557. The molecule has 4 heteroatoms. The van der Waals surface area contributed by atoms with Crippen molar-refractivity contribution in [1.29, 1.82) is 5.26 Å². The minimum Gasteiger partial charge on any atom is -0.594 e. The van der Waals surface area contributed by atoms with Crippen molar-refractivity contribution in [1.82, 2.24) is 0 Å². The van der Waals surface area contributed by atoms with E-state index < -0.39 is 0 Å². The first-order chi connectivity index (χ1) is 8.29. The lowest BCUT2D eigenvalue weighted by Crippen LogP contribution is -1.89. The SMILES string of the molecule is N#Cc1ccc(N=[N+]([O-])c2ccccc2)cc1. The number of hydrogen-bond acceptors (Lipinski definition) is 3. The van der Waals surface area contributed by atoms with Crippen LogP contribution >= 0.6 is 0 Å². The minimum absolute atomic E-state index is 0.469. The normalized spacial score (nSPS) is 10.9. The Morgan fingerprint density at radius 2 is 1.65 bits per heavy atom. The number of hydrogen-bond donors (Lipinski definition) is 0. The second-order valence-electron chi connectivity index (χ2n) is 3.37. The van der Waals surface area contributed by atoms with Crippen LogP contribution in [0, 0.1) is 16.5 Å². The van der Waals surface area contributed by atoms with Crippen LogP contribution in [-0.4, -0.2) is 4.86 Å². The molecule has 0 fully saturated rings. The van der Waals surface area contributed by atoms with Crippen LogP contribution in [0.1, 0.15) is 5.56 Å². The number of para-hydroxylation sites is 1. The molecule has 0 bridgehead atoms. The van der Waals surface area contributed by atoms with Crippen LogP contribution in [0.4, 0.5) is 11.4 Å². The molecule has 2 rings (SSSR count). The first-order valence-corrected chi connectivity index (χ1v) is 5.04. The maximum atomic E-state index is 11.7. The van der Waals surface area contributed by atoms with E-state index in [0.29, 0.717) is 21.8 Å². The molecule has 0 heterocycles. The van der Waals surface area contributed by atoms with Gasteiger partial charge in [0.15, 0.2) is 0 Å². The molecular weight excluding hydrogens is 214 g/mol. The molecule has 0 unspecified atom stereocenters. The topological polar surface area (TPSA) is 62.2 Å². The van der Waals surface area contributed by atoms with Crippen LogP contribution in [0.25, 0.3) is 0 Å². The van der Waals surface area contributed by atoms with Gasteiger partial charge in [-0.2, -0.15) is 5.26 Å². The van der Waals surface area contributed by atoms with E-state index in [-0.39, 0.29) is 0 Å². The Bertz CT molecular complexity index is 568. The standard InChI is InChI=1S/C13H9N3O/c14-10-11-6-8-12(9-7-11)15-16(17)13-4-2-1-3-5-13/h1-9H. The first-order valence-electron chi connectivity index (χ1n) is 5.04. The second-order valence-corrected chi connectivity index (χ2v) is 3.37. The highest BCUT2D eigenvalue weighted by Crippen LogP contribution is 2.17. The minimum atomic E-state index is 0.469. The predicted octanol–water partition coefficient (Wildman–Crippen LogP) is 3.48. The highest BCUT2D eigenvalue weighted by molar-refractivity contribution is 5.42. The molecule has 0 radical (unpaired) electrons. The van der Waals surface area contributed by atoms with Crippen molar-refractivity contribution in [3.05, 3.63) is 65.4 Å². The number of rotatable bonds is 2. The molecule has 0 amide bonds. The second kappa shape index (κ2) is 4.90. The van der Waals surface area contributed by atoms with Gasteiger partial charge in [-0.25, -0.2) is 0 Å². The molecular formula is C13H9N3O. The van der Waals surface area contributed by atoms with Crippen LogP contribution in [0.3, 0.4) is 0 Å². The molecule has 82 valence electrons. The molecule has 17 heavy (non-hydrogen) atoms. The van der Waals surface area contributed by atoms with Crippen LogP contribution in [0.5, 0.6) is 0 Å². The molecule has 2 aromatic rings. The van der Waals surface area contributed by atoms with E-state index in [0.717, 1.165) is 0 Å². The van der Waals surface area contributed by atoms with Gasteiger partial charge >= 0.3 is 0 Å². The van der Waals surface area contributed by atoms with Crippen molar-refractivity contribution >= 4 is 11.4 Å². The molecule has 0 N–H and O–H groups in total. The van der Waals surface area contributed by atoms with Gasteiger partial charge in [-0.05, 0) is 24.3 Å². The van der Waals surface area contributed by atoms with Gasteiger partial charge < -0.3 is 5.21 Å². The molecule has 0 aliphatic rings. The van der Waals surface area contributed by atoms with Gasteiger partial charge in [0.2, 0.25) is 5.69 Å². The summed E-state index contributed by atoms with van der Waals surface area (Å²) < 4.78 is 0. The fourth-order valence-corrected chi connectivity index (χ4v) is 1.32. The smallest absolute Gasteiger partial charge is 0.244 e. The first kappa shape index (κ1) is 10.8. The zero-order chi connectivity index (χ0) is 12.1. The molecule has 0 aliphatic heterocycles. The quantitative estimate of drug-likeness (QED) is 0.444. The Hall–Kier alpha value is -2.67. The van der Waals surface area contributed by atoms with Crippen molar-refractivity contribution in [3.8, 4) is 6.07 Å². The molecule has 4 nitrogen and oxygen atoms in total. The zero-order valence-electron chi connectivity index (χ0n) is 8.95. The molecule has 0 saturated heterocycles. The maximum absolute atomic E-state index is 11.7. The van der Waals surface area contributed by atoms with E-state index in [1.54, 1.807) is 48.5 Å². The summed E-state index contributed by atoms with van der Waals surface area (Å²) in [5, 5.41) is 24.2. The largest absolute Gasteiger partial charge is 0.594 e. The molecule has 0 aromatic heterocycles. The van der Waals surface area contributed by atoms with Gasteiger partial charge in [-0.3, -0.25) is 0 Å². The molecule has 2 aromatic carbocycles. The maximum Gasteiger partial charge on any atom is 0.244 e. The third-order valence-electron chi connectivity index (χ3n) is 2.18. The highest BCUT2D eigenvalue weighted by Gasteiger charge is 2.02. The number of benzene rings is 2. The third kappa shape index (κ3) is 2.67. The number of nitriles is 1. The van der Waals surface area contributed by atoms with E-state index in [4.69, 9.17) is 5.26 Å². The van der Waals surface area contributed by atoms with E-state index in [2.05, 4.69) is 5.11 Å². The van der Waals surface area contributed by atoms with Crippen molar-refractivity contribution < 1.29 is 4.86 Å². The van der Waals surface area contributed by atoms with Crippen LogP contribution in [0.15, 0.2) is 59.7 Å². The molecule has 0 saturated carbocycles. The van der Waals surface area contributed by atoms with E-state index in [1.165, 1.54) is 0 Å². The Morgan fingerprint density at radius 1 is 1.00 bits per heavy atom. The summed E-state index contributed by atoms with van der Waals surface area (Å²) in [5.41, 5.74) is 1.53. The fraction of sp³-hybridized carbons (Fsp3) is 0. The summed E-state index contributed by atoms with van der Waals surface area (Å²) in [6.07, 6.45) is 0. The average molecular weight is 223 g/mol. The van der Waals surface area contributed by atoms with Crippen molar-refractivity contribution in [3.63, 3.8) is 0 Å². The van der Waals surface area contributed by atoms with E-state index >= 15 is 0 Å². The van der Waals surface area contributed by atoms with Crippen molar-refractivity contribution in [2.75, 3.05) is 0 Å². The van der Waals surface area contributed by atoms with Gasteiger partial charge in [0.1, 0.15) is 5.69 Å². The lowest BCUT2D eigenvalue weighted by molar-refractivity contribution is -0.435. The van der Waals surface area contributed by atoms with Gasteiger partial charge in [0.25, 0.3) is 0 Å². The average Bonchev–Trinajstić information content (AvgIpc) is 2.40. The molecule has 0 aliphatic carbocycles. The summed E-state index contributed by atoms with van der Waals surface area (Å²) in [6, 6.07) is 17.3. The zero-order valence-corrected chi connectivity index (χ0v) is 8.95. The van der Waals surface area contributed by atoms with E-state index in [9.17, 15) is 5.21 Å². The van der Waals surface area contributed by atoms with Gasteiger partial charge in [-0.15, -0.1) is 0 Å². The van der Waals surface area contributed by atoms with Crippen molar-refractivity contribution in [2.45, 2.75) is 0 Å². The van der Waals surface area contributed by atoms with E-state index in [1.807, 2.05) is 12.1 Å². The molecule has 0 spiro atoms. The highest BCUT2D eigenvalue weighted by atomic mass is 16.5.